The molecule has 0 fully saturated rings. The number of hydrogen-bond donors (Lipinski definition) is 1. The average Bonchev–Trinajstić information content (AvgIpc) is 2.72. The van der Waals surface area contributed by atoms with Crippen molar-refractivity contribution in [2.24, 2.45) is 0 Å². The first kappa shape index (κ1) is 27.3. The number of esters is 1. The van der Waals surface area contributed by atoms with Crippen molar-refractivity contribution in [3.8, 4) is 12.3 Å². The molecule has 0 heterocycles. The van der Waals surface area contributed by atoms with Crippen molar-refractivity contribution in [3.05, 3.63) is 0 Å². The second-order valence-corrected chi connectivity index (χ2v) is 7.68. The Morgan fingerprint density at radius 3 is 1.83 bits per heavy atom. The lowest BCUT2D eigenvalue weighted by Crippen LogP contribution is -2.42. The highest BCUT2D eigenvalue weighted by Crippen LogP contribution is 2.12. The van der Waals surface area contributed by atoms with Crippen molar-refractivity contribution in [3.63, 3.8) is 0 Å². The zero-order valence-corrected chi connectivity index (χ0v) is 18.8. The molecule has 5 heteroatoms. The summed E-state index contributed by atoms with van der Waals surface area (Å²) in [6, 6.07) is -0.669. The summed E-state index contributed by atoms with van der Waals surface area (Å²) in [5.74, 6) is 1.84. The van der Waals surface area contributed by atoms with Crippen LogP contribution in [-0.2, 0) is 14.3 Å². The minimum Gasteiger partial charge on any atom is -0.464 e. The van der Waals surface area contributed by atoms with E-state index in [-0.39, 0.29) is 12.6 Å². The predicted molar refractivity (Wildman–Crippen MR) is 119 cm³/mol. The van der Waals surface area contributed by atoms with Gasteiger partial charge in [-0.25, -0.2) is 9.59 Å². The molecule has 0 aliphatic rings. The maximum absolute atomic E-state index is 12.2. The molecule has 1 N–H and O–H groups in total. The molecule has 5 nitrogen and oxygen atoms in total. The molecule has 168 valence electrons. The van der Waals surface area contributed by atoms with Crippen LogP contribution < -0.4 is 5.32 Å². The van der Waals surface area contributed by atoms with E-state index in [1.807, 2.05) is 6.92 Å². The van der Waals surface area contributed by atoms with Gasteiger partial charge >= 0.3 is 12.1 Å². The molecule has 0 saturated carbocycles. The van der Waals surface area contributed by atoms with Gasteiger partial charge in [0.1, 0.15) is 6.04 Å². The number of nitrogens with one attached hydrogen (secondary N) is 1. The van der Waals surface area contributed by atoms with Crippen molar-refractivity contribution in [1.29, 1.82) is 0 Å². The van der Waals surface area contributed by atoms with Gasteiger partial charge in [0.25, 0.3) is 0 Å². The normalized spacial score (nSPS) is 11.5. The predicted octanol–water partition coefficient (Wildman–Crippen LogP) is 6.15. The summed E-state index contributed by atoms with van der Waals surface area (Å²) in [5.41, 5.74) is 0. The molecule has 0 saturated heterocycles. The molecule has 1 amide bonds. The number of hydrogen-bond acceptors (Lipinski definition) is 4. The highest BCUT2D eigenvalue weighted by atomic mass is 16.6. The number of rotatable bonds is 19. The first-order chi connectivity index (χ1) is 14.2. The van der Waals surface area contributed by atoms with E-state index in [0.717, 1.165) is 25.7 Å². The number of carbonyl (C=O) groups excluding carboxylic acids is 2. The zero-order valence-electron chi connectivity index (χ0n) is 18.8. The molecular formula is C24H43NO4. The van der Waals surface area contributed by atoms with Crippen LogP contribution in [0.2, 0.25) is 0 Å². The second-order valence-electron chi connectivity index (χ2n) is 7.68. The summed E-state index contributed by atoms with van der Waals surface area (Å²) < 4.78 is 10.1. The lowest BCUT2D eigenvalue weighted by Gasteiger charge is -2.17. The Hall–Kier alpha value is -1.70. The number of carbonyl (C=O) groups is 2. The van der Waals surface area contributed by atoms with E-state index in [2.05, 4.69) is 18.2 Å². The van der Waals surface area contributed by atoms with E-state index in [9.17, 15) is 9.59 Å². The Bertz CT molecular complexity index is 445. The molecule has 0 aromatic rings. The molecule has 0 aromatic carbocycles. The van der Waals surface area contributed by atoms with Crippen LogP contribution >= 0.6 is 0 Å². The second kappa shape index (κ2) is 21.0. The van der Waals surface area contributed by atoms with Crippen LogP contribution in [0.25, 0.3) is 0 Å². The van der Waals surface area contributed by atoms with Crippen LogP contribution in [0, 0.1) is 12.3 Å². The topological polar surface area (TPSA) is 64.6 Å². The Kier molecular flexibility index (Phi) is 19.8. The quantitative estimate of drug-likeness (QED) is 0.158. The largest absolute Gasteiger partial charge is 0.464 e. The van der Waals surface area contributed by atoms with Crippen molar-refractivity contribution in [1.82, 2.24) is 5.32 Å². The molecule has 0 bridgehead atoms. The third kappa shape index (κ3) is 18.1. The molecule has 0 spiro atoms. The van der Waals surface area contributed by atoms with Crippen molar-refractivity contribution >= 4 is 12.1 Å². The zero-order chi connectivity index (χ0) is 21.6. The first-order valence-corrected chi connectivity index (χ1v) is 11.7. The monoisotopic (exact) mass is 409 g/mol. The van der Waals surface area contributed by atoms with Gasteiger partial charge in [0, 0.05) is 0 Å². The number of terminal acetylenes is 1. The van der Waals surface area contributed by atoms with Gasteiger partial charge in [0.15, 0.2) is 6.61 Å². The van der Waals surface area contributed by atoms with Gasteiger partial charge in [-0.15, -0.1) is 6.42 Å². The van der Waals surface area contributed by atoms with Crippen LogP contribution in [0.5, 0.6) is 0 Å². The highest BCUT2D eigenvalue weighted by molar-refractivity contribution is 5.81. The van der Waals surface area contributed by atoms with Crippen molar-refractivity contribution in [2.75, 3.05) is 13.2 Å². The fourth-order valence-corrected chi connectivity index (χ4v) is 3.16. The van der Waals surface area contributed by atoms with E-state index < -0.39 is 12.1 Å². The summed E-state index contributed by atoms with van der Waals surface area (Å²) in [5, 5.41) is 2.55. The van der Waals surface area contributed by atoms with E-state index in [1.54, 1.807) is 0 Å². The molecule has 0 radical (unpaired) electrons. The fourth-order valence-electron chi connectivity index (χ4n) is 3.16. The molecule has 0 aromatic heterocycles. The van der Waals surface area contributed by atoms with Crippen LogP contribution in [0.4, 0.5) is 4.79 Å². The summed E-state index contributed by atoms with van der Waals surface area (Å²) in [6.07, 6.45) is 21.9. The molecule has 29 heavy (non-hydrogen) atoms. The summed E-state index contributed by atoms with van der Waals surface area (Å²) in [6.45, 7) is 4.58. The molecule has 0 rings (SSSR count). The van der Waals surface area contributed by atoms with Gasteiger partial charge in [-0.05, 0) is 12.8 Å². The van der Waals surface area contributed by atoms with E-state index >= 15 is 0 Å². The minimum absolute atomic E-state index is 0.111. The Morgan fingerprint density at radius 1 is 0.793 bits per heavy atom. The fraction of sp³-hybridized carbons (Fsp3) is 0.833. The number of unbranched alkanes of at least 4 members (excludes halogenated alkanes) is 12. The van der Waals surface area contributed by atoms with Crippen LogP contribution in [0.3, 0.4) is 0 Å². The van der Waals surface area contributed by atoms with Crippen LogP contribution in [0.15, 0.2) is 0 Å². The Morgan fingerprint density at radius 2 is 1.31 bits per heavy atom. The maximum atomic E-state index is 12.2. The van der Waals surface area contributed by atoms with Gasteiger partial charge in [0.2, 0.25) is 0 Å². The third-order valence-electron chi connectivity index (χ3n) is 4.95. The number of amides is 1. The standard InChI is InChI=1S/C24H43NO4/c1-4-7-9-10-11-12-13-14-15-16-17-18-21-28-23(26)22(19-8-5-2)25-24(27)29-20-6-3/h3,22H,4-5,7-21H2,1-2H3,(H,25,27). The summed E-state index contributed by atoms with van der Waals surface area (Å²) in [7, 11) is 0. The van der Waals surface area contributed by atoms with E-state index in [4.69, 9.17) is 15.9 Å². The molecule has 0 aliphatic heterocycles. The maximum Gasteiger partial charge on any atom is 0.408 e. The average molecular weight is 410 g/mol. The third-order valence-corrected chi connectivity index (χ3v) is 4.95. The number of alkyl carbamates (subject to hydrolysis) is 1. The molecule has 1 unspecified atom stereocenters. The lowest BCUT2D eigenvalue weighted by atomic mass is 10.1. The van der Waals surface area contributed by atoms with Gasteiger partial charge in [-0.3, -0.25) is 0 Å². The van der Waals surface area contributed by atoms with Crippen molar-refractivity contribution in [2.45, 2.75) is 116 Å². The van der Waals surface area contributed by atoms with Crippen LogP contribution in [0.1, 0.15) is 110 Å². The smallest absolute Gasteiger partial charge is 0.408 e. The lowest BCUT2D eigenvalue weighted by molar-refractivity contribution is -0.146. The Balaban J connectivity index is 3.73. The highest BCUT2D eigenvalue weighted by Gasteiger charge is 2.22. The molecule has 0 aliphatic carbocycles. The van der Waals surface area contributed by atoms with E-state index in [1.165, 1.54) is 64.2 Å². The van der Waals surface area contributed by atoms with E-state index in [0.29, 0.717) is 13.0 Å². The van der Waals surface area contributed by atoms with Crippen molar-refractivity contribution < 1.29 is 19.1 Å². The summed E-state index contributed by atoms with van der Waals surface area (Å²) in [4.78, 5) is 23.9. The van der Waals surface area contributed by atoms with Gasteiger partial charge in [-0.1, -0.05) is 103 Å². The SMILES string of the molecule is C#CCOC(=O)NC(CCCC)C(=O)OCCCCCCCCCCCCCC. The van der Waals surface area contributed by atoms with Gasteiger partial charge in [-0.2, -0.15) is 0 Å². The first-order valence-electron chi connectivity index (χ1n) is 11.7. The summed E-state index contributed by atoms with van der Waals surface area (Å²) >= 11 is 0. The number of ether oxygens (including phenoxy) is 2. The molecular weight excluding hydrogens is 366 g/mol. The van der Waals surface area contributed by atoms with Gasteiger partial charge < -0.3 is 14.8 Å². The van der Waals surface area contributed by atoms with Gasteiger partial charge in [0.05, 0.1) is 6.61 Å². The minimum atomic E-state index is -0.675. The Labute approximate surface area is 178 Å². The molecule has 1 atom stereocenters. The van der Waals surface area contributed by atoms with Crippen LogP contribution in [-0.4, -0.2) is 31.3 Å².